The van der Waals surface area contributed by atoms with E-state index in [1.807, 2.05) is 24.3 Å². The van der Waals surface area contributed by atoms with Gasteiger partial charge in [0.05, 0.1) is 17.9 Å². The monoisotopic (exact) mass is 409 g/mol. The summed E-state index contributed by atoms with van der Waals surface area (Å²) in [4.78, 5) is 27.6. The lowest BCUT2D eigenvalue weighted by Crippen LogP contribution is -2.33. The fourth-order valence-electron chi connectivity index (χ4n) is 3.80. The number of nitrogens with zero attached hydrogens (tertiary/aromatic N) is 1. The summed E-state index contributed by atoms with van der Waals surface area (Å²) in [7, 11) is 1.58. The predicted octanol–water partition coefficient (Wildman–Crippen LogP) is 3.55. The van der Waals surface area contributed by atoms with Crippen LogP contribution in [0.2, 0.25) is 0 Å². The lowest BCUT2D eigenvalue weighted by atomic mass is 9.99. The van der Waals surface area contributed by atoms with Crippen molar-refractivity contribution in [1.82, 2.24) is 10.2 Å². The number of amides is 2. The van der Waals surface area contributed by atoms with Crippen LogP contribution in [0, 0.1) is 5.92 Å². The highest BCUT2D eigenvalue weighted by Crippen LogP contribution is 2.19. The highest BCUT2D eigenvalue weighted by atomic mass is 16.5. The minimum atomic E-state index is -0.242. The molecule has 1 saturated heterocycles. The number of ether oxygens (including phenoxy) is 1. The van der Waals surface area contributed by atoms with Gasteiger partial charge >= 0.3 is 0 Å². The molecule has 1 aliphatic rings. The normalized spacial score (nSPS) is 16.8. The zero-order valence-corrected chi connectivity index (χ0v) is 17.8. The van der Waals surface area contributed by atoms with E-state index < -0.39 is 0 Å². The molecule has 0 aromatic heterocycles. The Labute approximate surface area is 178 Å². The van der Waals surface area contributed by atoms with E-state index in [1.165, 1.54) is 18.4 Å². The Kier molecular flexibility index (Phi) is 7.99. The summed E-state index contributed by atoms with van der Waals surface area (Å²) in [6, 6.07) is 14.7. The van der Waals surface area contributed by atoms with Gasteiger partial charge in [0.1, 0.15) is 0 Å². The van der Waals surface area contributed by atoms with Gasteiger partial charge < -0.3 is 15.4 Å². The number of benzene rings is 2. The molecule has 1 aliphatic heterocycles. The first-order chi connectivity index (χ1) is 14.6. The fourth-order valence-corrected chi connectivity index (χ4v) is 3.80. The van der Waals surface area contributed by atoms with E-state index in [0.29, 0.717) is 30.0 Å². The van der Waals surface area contributed by atoms with Crippen LogP contribution in [0.15, 0.2) is 48.5 Å². The van der Waals surface area contributed by atoms with Gasteiger partial charge in [-0.2, -0.15) is 0 Å². The number of methoxy groups -OCH3 is 1. The molecule has 1 heterocycles. The van der Waals surface area contributed by atoms with Crippen molar-refractivity contribution in [3.05, 3.63) is 65.2 Å². The second kappa shape index (κ2) is 10.9. The maximum absolute atomic E-state index is 12.7. The molecule has 30 heavy (non-hydrogen) atoms. The van der Waals surface area contributed by atoms with E-state index in [9.17, 15) is 9.59 Å². The number of likely N-dealkylation sites (tertiary alicyclic amines) is 1. The third kappa shape index (κ3) is 6.15. The Morgan fingerprint density at radius 3 is 2.60 bits per heavy atom. The number of hydrogen-bond acceptors (Lipinski definition) is 4. The van der Waals surface area contributed by atoms with Crippen LogP contribution in [-0.4, -0.2) is 50.1 Å². The van der Waals surface area contributed by atoms with Crippen LogP contribution in [0.1, 0.15) is 46.0 Å². The Hall–Kier alpha value is -2.70. The van der Waals surface area contributed by atoms with Gasteiger partial charge in [-0.1, -0.05) is 31.2 Å². The summed E-state index contributed by atoms with van der Waals surface area (Å²) >= 11 is 0. The van der Waals surface area contributed by atoms with Gasteiger partial charge in [0.25, 0.3) is 11.8 Å². The van der Waals surface area contributed by atoms with Crippen LogP contribution in [0.5, 0.6) is 0 Å². The van der Waals surface area contributed by atoms with Crippen molar-refractivity contribution >= 4 is 17.5 Å². The smallest absolute Gasteiger partial charge is 0.255 e. The highest BCUT2D eigenvalue weighted by Gasteiger charge is 2.17. The summed E-state index contributed by atoms with van der Waals surface area (Å²) in [5, 5.41) is 5.65. The zero-order chi connectivity index (χ0) is 21.3. The largest absolute Gasteiger partial charge is 0.383 e. The molecule has 0 radical (unpaired) electrons. The second-order valence-corrected chi connectivity index (χ2v) is 7.93. The molecular formula is C24H31N3O3. The minimum Gasteiger partial charge on any atom is -0.383 e. The number of carbonyl (C=O) groups is 2. The molecule has 0 unspecified atom stereocenters. The number of para-hydroxylation sites is 1. The number of nitrogens with one attached hydrogen (secondary N) is 2. The van der Waals surface area contributed by atoms with Crippen molar-refractivity contribution in [3.63, 3.8) is 0 Å². The topological polar surface area (TPSA) is 70.7 Å². The Balaban J connectivity index is 1.61. The Bertz CT molecular complexity index is 851. The van der Waals surface area contributed by atoms with Crippen molar-refractivity contribution in [2.24, 2.45) is 5.92 Å². The first-order valence-corrected chi connectivity index (χ1v) is 10.6. The summed E-state index contributed by atoms with van der Waals surface area (Å²) in [6.45, 7) is 6.32. The maximum Gasteiger partial charge on any atom is 0.255 e. The lowest BCUT2D eigenvalue weighted by Gasteiger charge is -2.30. The number of carbonyl (C=O) groups excluding carboxylic acids is 2. The third-order valence-corrected chi connectivity index (χ3v) is 5.38. The van der Waals surface area contributed by atoms with E-state index in [-0.39, 0.29) is 11.8 Å². The van der Waals surface area contributed by atoms with Gasteiger partial charge in [0, 0.05) is 32.3 Å². The average Bonchev–Trinajstić information content (AvgIpc) is 2.75. The molecule has 2 N–H and O–H groups in total. The van der Waals surface area contributed by atoms with Gasteiger partial charge in [0.2, 0.25) is 0 Å². The molecule has 3 rings (SSSR count). The molecular weight excluding hydrogens is 378 g/mol. The number of rotatable bonds is 8. The van der Waals surface area contributed by atoms with E-state index in [4.69, 9.17) is 4.74 Å². The van der Waals surface area contributed by atoms with Crippen LogP contribution in [0.3, 0.4) is 0 Å². The molecule has 0 saturated carbocycles. The van der Waals surface area contributed by atoms with Crippen molar-refractivity contribution in [3.8, 4) is 0 Å². The van der Waals surface area contributed by atoms with Crippen molar-refractivity contribution < 1.29 is 14.3 Å². The number of hydrogen-bond donors (Lipinski definition) is 2. The highest BCUT2D eigenvalue weighted by molar-refractivity contribution is 6.09. The maximum atomic E-state index is 12.7. The van der Waals surface area contributed by atoms with Gasteiger partial charge in [0.15, 0.2) is 0 Å². The second-order valence-electron chi connectivity index (χ2n) is 7.93. The van der Waals surface area contributed by atoms with Gasteiger partial charge in [-0.05, 0) is 55.1 Å². The Morgan fingerprint density at radius 1 is 1.10 bits per heavy atom. The average molecular weight is 410 g/mol. The number of anilines is 1. The van der Waals surface area contributed by atoms with Gasteiger partial charge in [-0.3, -0.25) is 14.5 Å². The molecule has 2 amide bonds. The summed E-state index contributed by atoms with van der Waals surface area (Å²) in [5.74, 6) is 0.273. The van der Waals surface area contributed by atoms with Crippen molar-refractivity contribution in [2.45, 2.75) is 26.3 Å². The summed E-state index contributed by atoms with van der Waals surface area (Å²) in [5.41, 5.74) is 2.69. The van der Waals surface area contributed by atoms with E-state index in [1.54, 1.807) is 31.4 Å². The zero-order valence-electron chi connectivity index (χ0n) is 17.8. The molecule has 1 atom stereocenters. The molecule has 0 bridgehead atoms. The molecule has 2 aromatic rings. The molecule has 6 nitrogen and oxygen atoms in total. The quantitative estimate of drug-likeness (QED) is 0.654. The first-order valence-electron chi connectivity index (χ1n) is 10.6. The summed E-state index contributed by atoms with van der Waals surface area (Å²) < 4.78 is 4.96. The van der Waals surface area contributed by atoms with Gasteiger partial charge in [-0.15, -0.1) is 0 Å². The fraction of sp³-hybridized carbons (Fsp3) is 0.417. The molecule has 0 spiro atoms. The number of piperidine rings is 1. The third-order valence-electron chi connectivity index (χ3n) is 5.38. The van der Waals surface area contributed by atoms with Crippen molar-refractivity contribution in [1.29, 1.82) is 0 Å². The molecule has 1 fully saturated rings. The van der Waals surface area contributed by atoms with Crippen LogP contribution in [0.25, 0.3) is 0 Å². The molecule has 6 heteroatoms. The predicted molar refractivity (Wildman–Crippen MR) is 119 cm³/mol. The van der Waals surface area contributed by atoms with Crippen LogP contribution < -0.4 is 10.6 Å². The van der Waals surface area contributed by atoms with Gasteiger partial charge in [-0.25, -0.2) is 0 Å². The lowest BCUT2D eigenvalue weighted by molar-refractivity contribution is 0.0938. The van der Waals surface area contributed by atoms with Crippen LogP contribution >= 0.6 is 0 Å². The molecule has 0 aliphatic carbocycles. The summed E-state index contributed by atoms with van der Waals surface area (Å²) in [6.07, 6.45) is 2.56. The Morgan fingerprint density at radius 2 is 1.87 bits per heavy atom. The first kappa shape index (κ1) is 22.0. The van der Waals surface area contributed by atoms with Crippen LogP contribution in [0.4, 0.5) is 5.69 Å². The standard InChI is InChI=1S/C24H31N3O3/c1-18-6-5-14-27(16-18)17-19-9-11-20(12-10-19)23(28)26-22-8-4-3-7-21(22)24(29)25-13-15-30-2/h3-4,7-12,18H,5-6,13-17H2,1-2H3,(H,25,29)(H,26,28)/t18-/m0/s1. The van der Waals surface area contributed by atoms with E-state index in [2.05, 4.69) is 22.5 Å². The van der Waals surface area contributed by atoms with E-state index >= 15 is 0 Å². The SMILES string of the molecule is COCCNC(=O)c1ccccc1NC(=O)c1ccc(CN2CCC[C@H](C)C2)cc1. The molecule has 2 aromatic carbocycles. The minimum absolute atomic E-state index is 0.231. The van der Waals surface area contributed by atoms with E-state index in [0.717, 1.165) is 25.6 Å². The molecule has 160 valence electrons. The van der Waals surface area contributed by atoms with Crippen molar-refractivity contribution in [2.75, 3.05) is 38.7 Å². The van der Waals surface area contributed by atoms with Crippen LogP contribution in [-0.2, 0) is 11.3 Å².